The van der Waals surface area contributed by atoms with Crippen molar-refractivity contribution < 1.29 is 4.79 Å². The van der Waals surface area contributed by atoms with Crippen molar-refractivity contribution in [3.63, 3.8) is 0 Å². The van der Waals surface area contributed by atoms with Gasteiger partial charge < -0.3 is 4.90 Å². The van der Waals surface area contributed by atoms with Gasteiger partial charge in [0.2, 0.25) is 0 Å². The predicted octanol–water partition coefficient (Wildman–Crippen LogP) is 2.64. The summed E-state index contributed by atoms with van der Waals surface area (Å²) in [5.74, 6) is 0.989. The highest BCUT2D eigenvalue weighted by Gasteiger charge is 2.32. The van der Waals surface area contributed by atoms with Gasteiger partial charge in [-0.25, -0.2) is 0 Å². The first-order chi connectivity index (χ1) is 8.49. The number of rotatable bonds is 1. The Morgan fingerprint density at radius 1 is 1.33 bits per heavy atom. The van der Waals surface area contributed by atoms with E-state index in [1.165, 1.54) is 0 Å². The molecule has 0 bridgehead atoms. The van der Waals surface area contributed by atoms with Gasteiger partial charge in [-0.15, -0.1) is 10.2 Å². The molecule has 98 valence electrons. The van der Waals surface area contributed by atoms with Gasteiger partial charge in [-0.1, -0.05) is 25.4 Å². The molecule has 0 saturated carbocycles. The van der Waals surface area contributed by atoms with Gasteiger partial charge in [0.05, 0.1) is 0 Å². The molecule has 1 amide bonds. The number of nitrogens with zero attached hydrogens (tertiary/aromatic N) is 3. The van der Waals surface area contributed by atoms with Crippen LogP contribution >= 0.6 is 11.6 Å². The largest absolute Gasteiger partial charge is 0.334 e. The Balaban J connectivity index is 2.19. The molecule has 4 nitrogen and oxygen atoms in total. The van der Waals surface area contributed by atoms with Gasteiger partial charge in [0.25, 0.3) is 5.91 Å². The minimum Gasteiger partial charge on any atom is -0.334 e. The van der Waals surface area contributed by atoms with Gasteiger partial charge in [-0.2, -0.15) is 0 Å². The molecule has 3 atom stereocenters. The second kappa shape index (κ2) is 5.22. The SMILES string of the molecule is CC1CC(C)C(C)N(C(=O)c2ccc(Cl)nn2)C1. The van der Waals surface area contributed by atoms with Crippen LogP contribution in [0.25, 0.3) is 0 Å². The fourth-order valence-electron chi connectivity index (χ4n) is 2.56. The summed E-state index contributed by atoms with van der Waals surface area (Å²) in [6.45, 7) is 7.25. The molecule has 0 radical (unpaired) electrons. The van der Waals surface area contributed by atoms with E-state index in [0.717, 1.165) is 13.0 Å². The molecule has 1 aliphatic rings. The molecule has 0 spiro atoms. The molecule has 2 heterocycles. The number of piperidine rings is 1. The molecule has 1 aliphatic heterocycles. The Hall–Kier alpha value is -1.16. The molecule has 1 aromatic rings. The van der Waals surface area contributed by atoms with E-state index in [-0.39, 0.29) is 11.9 Å². The number of hydrogen-bond donors (Lipinski definition) is 0. The lowest BCUT2D eigenvalue weighted by atomic mass is 9.86. The molecule has 1 fully saturated rings. The maximum Gasteiger partial charge on any atom is 0.274 e. The average molecular weight is 268 g/mol. The van der Waals surface area contributed by atoms with Gasteiger partial charge in [0.15, 0.2) is 10.8 Å². The molecular weight excluding hydrogens is 250 g/mol. The highest BCUT2D eigenvalue weighted by atomic mass is 35.5. The van der Waals surface area contributed by atoms with Crippen molar-refractivity contribution >= 4 is 17.5 Å². The van der Waals surface area contributed by atoms with Crippen LogP contribution in [0.1, 0.15) is 37.7 Å². The first-order valence-electron chi connectivity index (χ1n) is 6.29. The molecule has 2 rings (SSSR count). The predicted molar refractivity (Wildman–Crippen MR) is 70.5 cm³/mol. The number of hydrogen-bond acceptors (Lipinski definition) is 3. The third-order valence-corrected chi connectivity index (χ3v) is 3.91. The fourth-order valence-corrected chi connectivity index (χ4v) is 2.66. The maximum absolute atomic E-state index is 12.4. The van der Waals surface area contributed by atoms with Crippen molar-refractivity contribution in [1.82, 2.24) is 15.1 Å². The van der Waals surface area contributed by atoms with E-state index in [9.17, 15) is 4.79 Å². The normalized spacial score (nSPS) is 28.2. The van der Waals surface area contributed by atoms with Crippen LogP contribution in [0.15, 0.2) is 12.1 Å². The van der Waals surface area contributed by atoms with Crippen molar-refractivity contribution in [3.8, 4) is 0 Å². The van der Waals surface area contributed by atoms with Crippen molar-refractivity contribution in [2.24, 2.45) is 11.8 Å². The molecular formula is C13H18ClN3O. The highest BCUT2D eigenvalue weighted by molar-refractivity contribution is 6.29. The number of carbonyl (C=O) groups is 1. The molecule has 1 saturated heterocycles. The maximum atomic E-state index is 12.4. The summed E-state index contributed by atoms with van der Waals surface area (Å²) in [5, 5.41) is 7.90. The number of halogens is 1. The van der Waals surface area contributed by atoms with E-state index in [2.05, 4.69) is 31.0 Å². The Bertz CT molecular complexity index is 434. The summed E-state index contributed by atoms with van der Waals surface area (Å²) < 4.78 is 0. The second-order valence-electron chi connectivity index (χ2n) is 5.26. The zero-order valence-electron chi connectivity index (χ0n) is 10.9. The summed E-state index contributed by atoms with van der Waals surface area (Å²) in [6, 6.07) is 3.48. The van der Waals surface area contributed by atoms with Gasteiger partial charge in [-0.05, 0) is 37.3 Å². The third-order valence-electron chi connectivity index (χ3n) is 3.71. The van der Waals surface area contributed by atoms with Crippen LogP contribution in [0, 0.1) is 11.8 Å². The lowest BCUT2D eigenvalue weighted by Gasteiger charge is -2.40. The standard InChI is InChI=1S/C13H18ClN3O/c1-8-6-9(2)10(3)17(7-8)13(18)11-4-5-12(14)16-15-11/h4-5,8-10H,6-7H2,1-3H3. The first-order valence-corrected chi connectivity index (χ1v) is 6.67. The Kier molecular flexibility index (Phi) is 3.85. The van der Waals surface area contributed by atoms with E-state index in [1.54, 1.807) is 12.1 Å². The van der Waals surface area contributed by atoms with Crippen molar-refractivity contribution in [2.45, 2.75) is 33.2 Å². The van der Waals surface area contributed by atoms with E-state index in [1.807, 2.05) is 4.90 Å². The van der Waals surface area contributed by atoms with Crippen LogP contribution in [-0.4, -0.2) is 33.6 Å². The highest BCUT2D eigenvalue weighted by Crippen LogP contribution is 2.27. The minimum absolute atomic E-state index is 0.0509. The van der Waals surface area contributed by atoms with Crippen molar-refractivity contribution in [3.05, 3.63) is 23.0 Å². The van der Waals surface area contributed by atoms with Gasteiger partial charge >= 0.3 is 0 Å². The zero-order valence-corrected chi connectivity index (χ0v) is 11.7. The van der Waals surface area contributed by atoms with Crippen LogP contribution in [0.5, 0.6) is 0 Å². The molecule has 0 aliphatic carbocycles. The van der Waals surface area contributed by atoms with Crippen LogP contribution < -0.4 is 0 Å². The van der Waals surface area contributed by atoms with Crippen molar-refractivity contribution in [2.75, 3.05) is 6.54 Å². The fraction of sp³-hybridized carbons (Fsp3) is 0.615. The van der Waals surface area contributed by atoms with Crippen LogP contribution in [-0.2, 0) is 0 Å². The summed E-state index contributed by atoms with van der Waals surface area (Å²) >= 11 is 5.68. The molecule has 5 heteroatoms. The number of carbonyl (C=O) groups excluding carboxylic acids is 1. The Morgan fingerprint density at radius 3 is 2.67 bits per heavy atom. The lowest BCUT2D eigenvalue weighted by Crippen LogP contribution is -2.49. The quantitative estimate of drug-likeness (QED) is 0.786. The van der Waals surface area contributed by atoms with E-state index in [4.69, 9.17) is 11.6 Å². The number of aromatic nitrogens is 2. The van der Waals surface area contributed by atoms with E-state index >= 15 is 0 Å². The van der Waals surface area contributed by atoms with E-state index in [0.29, 0.717) is 22.7 Å². The van der Waals surface area contributed by atoms with Gasteiger partial charge in [0, 0.05) is 12.6 Å². The molecule has 1 aromatic heterocycles. The Morgan fingerprint density at radius 2 is 2.06 bits per heavy atom. The number of amides is 1. The topological polar surface area (TPSA) is 46.1 Å². The molecule has 0 N–H and O–H groups in total. The molecule has 3 unspecified atom stereocenters. The monoisotopic (exact) mass is 267 g/mol. The number of likely N-dealkylation sites (tertiary alicyclic amines) is 1. The van der Waals surface area contributed by atoms with Gasteiger partial charge in [0.1, 0.15) is 0 Å². The first kappa shape index (κ1) is 13.3. The summed E-state index contributed by atoms with van der Waals surface area (Å²) in [4.78, 5) is 14.3. The van der Waals surface area contributed by atoms with Crippen LogP contribution in [0.3, 0.4) is 0 Å². The smallest absolute Gasteiger partial charge is 0.274 e. The summed E-state index contributed by atoms with van der Waals surface area (Å²) in [5.41, 5.74) is 0.368. The summed E-state index contributed by atoms with van der Waals surface area (Å²) in [7, 11) is 0. The van der Waals surface area contributed by atoms with E-state index < -0.39 is 0 Å². The third kappa shape index (κ3) is 2.64. The van der Waals surface area contributed by atoms with Crippen LogP contribution in [0.2, 0.25) is 5.15 Å². The second-order valence-corrected chi connectivity index (χ2v) is 5.64. The molecule has 18 heavy (non-hydrogen) atoms. The van der Waals surface area contributed by atoms with Crippen molar-refractivity contribution in [1.29, 1.82) is 0 Å². The van der Waals surface area contributed by atoms with Gasteiger partial charge in [-0.3, -0.25) is 4.79 Å². The minimum atomic E-state index is -0.0509. The zero-order chi connectivity index (χ0) is 13.3. The summed E-state index contributed by atoms with van der Waals surface area (Å²) in [6.07, 6.45) is 1.16. The average Bonchev–Trinajstić information content (AvgIpc) is 2.34. The Labute approximate surface area is 112 Å². The van der Waals surface area contributed by atoms with Crippen LogP contribution in [0.4, 0.5) is 0 Å². The lowest BCUT2D eigenvalue weighted by molar-refractivity contribution is 0.0449. The molecule has 0 aromatic carbocycles.